The van der Waals surface area contributed by atoms with E-state index in [-0.39, 0.29) is 24.7 Å². The highest BCUT2D eigenvalue weighted by molar-refractivity contribution is 5.64. The molecule has 40 heavy (non-hydrogen) atoms. The number of rotatable bonds is 11. The van der Waals surface area contributed by atoms with E-state index in [9.17, 15) is 8.78 Å². The first-order chi connectivity index (χ1) is 19.5. The molecule has 5 rings (SSSR count). The first kappa shape index (κ1) is 28.4. The third-order valence-electron chi connectivity index (χ3n) is 8.86. The zero-order chi connectivity index (χ0) is 27.9. The van der Waals surface area contributed by atoms with Crippen LogP contribution in [0.5, 0.6) is 17.2 Å². The van der Waals surface area contributed by atoms with Gasteiger partial charge < -0.3 is 14.2 Å². The van der Waals surface area contributed by atoms with Crippen molar-refractivity contribution in [1.82, 2.24) is 0 Å². The van der Waals surface area contributed by atoms with Gasteiger partial charge in [0.05, 0.1) is 13.2 Å². The summed E-state index contributed by atoms with van der Waals surface area (Å²) < 4.78 is 45.2. The average Bonchev–Trinajstić information content (AvgIpc) is 2.99. The van der Waals surface area contributed by atoms with E-state index in [1.165, 1.54) is 63.5 Å². The van der Waals surface area contributed by atoms with Crippen LogP contribution in [0.15, 0.2) is 60.7 Å². The van der Waals surface area contributed by atoms with Crippen LogP contribution < -0.4 is 14.2 Å². The van der Waals surface area contributed by atoms with Crippen LogP contribution in [0.25, 0.3) is 11.1 Å². The molecule has 3 aromatic rings. The Balaban J connectivity index is 1.09. The van der Waals surface area contributed by atoms with Gasteiger partial charge in [-0.1, -0.05) is 62.6 Å². The van der Waals surface area contributed by atoms with Crippen LogP contribution in [-0.4, -0.2) is 13.2 Å². The molecule has 0 saturated heterocycles. The number of fused-ring (bicyclic) bond motifs is 1. The van der Waals surface area contributed by atoms with Gasteiger partial charge in [-0.15, -0.1) is 0 Å². The molecule has 4 atom stereocenters. The van der Waals surface area contributed by atoms with Crippen molar-refractivity contribution < 1.29 is 23.0 Å². The summed E-state index contributed by atoms with van der Waals surface area (Å²) in [4.78, 5) is 0. The van der Waals surface area contributed by atoms with Crippen molar-refractivity contribution in [2.45, 2.75) is 71.8 Å². The number of hydrogen-bond acceptors (Lipinski definition) is 3. The SMILES string of the molecule is CCCC1CCC2CC(COc3ccc(-c4ccc(COc5ccc(OCC)c(F)c5F)cc4)cc3)CCC2C1. The van der Waals surface area contributed by atoms with Crippen LogP contribution in [0.1, 0.15) is 70.8 Å². The number of hydrogen-bond donors (Lipinski definition) is 0. The van der Waals surface area contributed by atoms with Crippen molar-refractivity contribution in [3.63, 3.8) is 0 Å². The summed E-state index contributed by atoms with van der Waals surface area (Å²) in [5.74, 6) is 2.13. The monoisotopic (exact) mass is 548 g/mol. The van der Waals surface area contributed by atoms with Gasteiger partial charge in [0.1, 0.15) is 12.4 Å². The molecule has 214 valence electrons. The molecule has 2 fully saturated rings. The Morgan fingerprint density at radius 3 is 1.85 bits per heavy atom. The third kappa shape index (κ3) is 6.97. The largest absolute Gasteiger partial charge is 0.493 e. The summed E-state index contributed by atoms with van der Waals surface area (Å²) in [7, 11) is 0. The molecule has 0 radical (unpaired) electrons. The maximum atomic E-state index is 14.3. The molecule has 2 aliphatic carbocycles. The molecule has 0 heterocycles. The topological polar surface area (TPSA) is 27.7 Å². The van der Waals surface area contributed by atoms with E-state index in [1.54, 1.807) is 6.92 Å². The summed E-state index contributed by atoms with van der Waals surface area (Å²) >= 11 is 0. The molecule has 4 unspecified atom stereocenters. The standard InChI is InChI=1S/C35H42F2O3/c1-3-5-24-6-12-30-21-26(9-13-29(30)20-24)23-39-31-16-14-28(15-17-31)27-10-7-25(8-11-27)22-40-33-19-18-32(38-4-2)34(36)35(33)37/h7-8,10-11,14-19,24,26,29-30H,3-6,9,12-13,20-23H2,1-2H3. The second kappa shape index (κ2) is 13.5. The zero-order valence-corrected chi connectivity index (χ0v) is 23.8. The molecular formula is C35H42F2O3. The Morgan fingerprint density at radius 2 is 1.23 bits per heavy atom. The minimum atomic E-state index is -1.04. The van der Waals surface area contributed by atoms with Gasteiger partial charge in [0.15, 0.2) is 11.5 Å². The zero-order valence-electron chi connectivity index (χ0n) is 23.8. The maximum Gasteiger partial charge on any atom is 0.204 e. The second-order valence-electron chi connectivity index (χ2n) is 11.6. The van der Waals surface area contributed by atoms with E-state index in [4.69, 9.17) is 14.2 Å². The highest BCUT2D eigenvalue weighted by atomic mass is 19.2. The summed E-state index contributed by atoms with van der Waals surface area (Å²) in [6.45, 7) is 5.26. The highest BCUT2D eigenvalue weighted by Crippen LogP contribution is 2.45. The molecule has 5 heteroatoms. The Hall–Kier alpha value is -3.08. The van der Waals surface area contributed by atoms with Crippen molar-refractivity contribution >= 4 is 0 Å². The van der Waals surface area contributed by atoms with Gasteiger partial charge in [0, 0.05) is 0 Å². The molecule has 0 bridgehead atoms. The lowest BCUT2D eigenvalue weighted by molar-refractivity contribution is 0.0749. The average molecular weight is 549 g/mol. The lowest BCUT2D eigenvalue weighted by atomic mass is 9.64. The normalized spacial score (nSPS) is 22.4. The van der Waals surface area contributed by atoms with Gasteiger partial charge in [-0.3, -0.25) is 0 Å². The van der Waals surface area contributed by atoms with Gasteiger partial charge in [0.2, 0.25) is 11.6 Å². The summed E-state index contributed by atoms with van der Waals surface area (Å²) in [5, 5.41) is 0. The van der Waals surface area contributed by atoms with Crippen molar-refractivity contribution in [3.8, 4) is 28.4 Å². The smallest absolute Gasteiger partial charge is 0.204 e. The fourth-order valence-electron chi connectivity index (χ4n) is 6.71. The van der Waals surface area contributed by atoms with Crippen LogP contribution in [-0.2, 0) is 6.61 Å². The van der Waals surface area contributed by atoms with E-state index in [1.807, 2.05) is 24.3 Å². The van der Waals surface area contributed by atoms with Crippen molar-refractivity contribution in [2.75, 3.05) is 13.2 Å². The van der Waals surface area contributed by atoms with E-state index < -0.39 is 11.6 Å². The Kier molecular flexibility index (Phi) is 9.62. The first-order valence-corrected chi connectivity index (χ1v) is 15.1. The van der Waals surface area contributed by atoms with Crippen molar-refractivity contribution in [2.24, 2.45) is 23.7 Å². The molecule has 0 aliphatic heterocycles. The summed E-state index contributed by atoms with van der Waals surface area (Å²) in [5.41, 5.74) is 3.04. The number of ether oxygens (including phenoxy) is 3. The van der Waals surface area contributed by atoms with E-state index in [0.717, 1.165) is 46.8 Å². The van der Waals surface area contributed by atoms with Crippen LogP contribution in [0.3, 0.4) is 0 Å². The van der Waals surface area contributed by atoms with Gasteiger partial charge >= 0.3 is 0 Å². The quantitative estimate of drug-likeness (QED) is 0.239. The fraction of sp³-hybridized carbons (Fsp3) is 0.486. The Bertz CT molecular complexity index is 1220. The number of benzene rings is 3. The second-order valence-corrected chi connectivity index (χ2v) is 11.6. The molecule has 3 aromatic carbocycles. The van der Waals surface area contributed by atoms with Crippen LogP contribution in [0.2, 0.25) is 0 Å². The predicted octanol–water partition coefficient (Wildman–Crippen LogP) is 9.62. The van der Waals surface area contributed by atoms with E-state index in [2.05, 4.69) is 31.2 Å². The molecule has 0 amide bonds. The van der Waals surface area contributed by atoms with Gasteiger partial charge in [-0.05, 0) is 104 Å². The first-order valence-electron chi connectivity index (χ1n) is 15.1. The summed E-state index contributed by atoms with van der Waals surface area (Å²) in [6.07, 6.45) is 11.1. The van der Waals surface area contributed by atoms with Gasteiger partial charge in [-0.2, -0.15) is 8.78 Å². The molecule has 2 aliphatic rings. The Morgan fingerprint density at radius 1 is 0.650 bits per heavy atom. The van der Waals surface area contributed by atoms with Gasteiger partial charge in [0.25, 0.3) is 0 Å². The fourth-order valence-corrected chi connectivity index (χ4v) is 6.71. The predicted molar refractivity (Wildman–Crippen MR) is 156 cm³/mol. The molecular weight excluding hydrogens is 506 g/mol. The molecule has 0 aromatic heterocycles. The van der Waals surface area contributed by atoms with E-state index in [0.29, 0.717) is 5.92 Å². The maximum absolute atomic E-state index is 14.3. The van der Waals surface area contributed by atoms with E-state index >= 15 is 0 Å². The molecule has 2 saturated carbocycles. The summed E-state index contributed by atoms with van der Waals surface area (Å²) in [6, 6.07) is 19.0. The lowest BCUT2D eigenvalue weighted by Gasteiger charge is -2.42. The van der Waals surface area contributed by atoms with Crippen LogP contribution in [0.4, 0.5) is 8.78 Å². The molecule has 0 spiro atoms. The molecule has 0 N–H and O–H groups in total. The highest BCUT2D eigenvalue weighted by Gasteiger charge is 2.35. The van der Waals surface area contributed by atoms with Crippen molar-refractivity contribution in [3.05, 3.63) is 77.9 Å². The third-order valence-corrected chi connectivity index (χ3v) is 8.86. The minimum Gasteiger partial charge on any atom is -0.493 e. The van der Waals surface area contributed by atoms with Gasteiger partial charge in [-0.25, -0.2) is 0 Å². The lowest BCUT2D eigenvalue weighted by Crippen LogP contribution is -2.32. The van der Waals surface area contributed by atoms with Crippen LogP contribution in [0, 0.1) is 35.3 Å². The number of halogens is 2. The molecule has 3 nitrogen and oxygen atoms in total. The Labute approximate surface area is 237 Å². The van der Waals surface area contributed by atoms with Crippen molar-refractivity contribution in [1.29, 1.82) is 0 Å². The minimum absolute atomic E-state index is 0.111. The van der Waals surface area contributed by atoms with Crippen LogP contribution >= 0.6 is 0 Å².